The van der Waals surface area contributed by atoms with E-state index in [4.69, 9.17) is 18.5 Å². The van der Waals surface area contributed by atoms with E-state index in [9.17, 15) is 13.3 Å². The normalized spacial score (nSPS) is 19.3. The van der Waals surface area contributed by atoms with Crippen LogP contribution in [0.3, 0.4) is 0 Å². The van der Waals surface area contributed by atoms with Crippen LogP contribution in [0.25, 0.3) is 0 Å². The molecule has 0 radical (unpaired) electrons. The van der Waals surface area contributed by atoms with Gasteiger partial charge in [0.05, 0.1) is 30.6 Å². The lowest BCUT2D eigenvalue weighted by atomic mass is 9.77. The maximum atomic E-state index is 14.9. The number of hydrogen-bond donors (Lipinski definition) is 0. The zero-order chi connectivity index (χ0) is 27.7. The van der Waals surface area contributed by atoms with Gasteiger partial charge in [0.25, 0.3) is 0 Å². The molecule has 0 amide bonds. The lowest BCUT2D eigenvalue weighted by molar-refractivity contribution is 0.0434. The summed E-state index contributed by atoms with van der Waals surface area (Å²) in [6, 6.07) is 3.18. The van der Waals surface area contributed by atoms with Crippen molar-refractivity contribution in [2.45, 2.75) is 117 Å². The van der Waals surface area contributed by atoms with Crippen LogP contribution >= 0.6 is 7.60 Å². The summed E-state index contributed by atoms with van der Waals surface area (Å²) in [5, 5.41) is 0. The zero-order valence-electron chi connectivity index (χ0n) is 24.0. The largest absolute Gasteiger partial charge is 0.488 e. The van der Waals surface area contributed by atoms with Crippen molar-refractivity contribution in [3.8, 4) is 5.75 Å². The minimum atomic E-state index is -3.39. The fourth-order valence-corrected chi connectivity index (χ4v) is 7.09. The summed E-state index contributed by atoms with van der Waals surface area (Å²) in [5.41, 5.74) is -0.807. The molecule has 0 unspecified atom stereocenters. The molecule has 1 fully saturated rings. The molecule has 8 heteroatoms. The minimum absolute atomic E-state index is 0.0448. The standard InChI is InChI=1S/C29H49F2O5P/c1-8-9-10-11-22-12-14-23(15-13-22)24-16-17-25(27(31)26(24)30)34-19-18-33-20-21-37(32,35-28(2,3)4)36-29(5,6)7/h16-17,22-23H,8-15,18-21H2,1-7H3. The second kappa shape index (κ2) is 14.4. The van der Waals surface area contributed by atoms with Gasteiger partial charge in [0.1, 0.15) is 6.61 Å². The average Bonchev–Trinajstić information content (AvgIpc) is 2.77. The van der Waals surface area contributed by atoms with Gasteiger partial charge in [-0.3, -0.25) is 4.57 Å². The lowest BCUT2D eigenvalue weighted by Crippen LogP contribution is -2.26. The minimum Gasteiger partial charge on any atom is -0.488 e. The molecule has 0 atom stereocenters. The third-order valence-corrected chi connectivity index (χ3v) is 8.78. The van der Waals surface area contributed by atoms with E-state index < -0.39 is 30.4 Å². The summed E-state index contributed by atoms with van der Waals surface area (Å²) >= 11 is 0. The molecule has 0 heterocycles. The van der Waals surface area contributed by atoms with Crippen LogP contribution in [-0.2, 0) is 18.3 Å². The van der Waals surface area contributed by atoms with Crippen molar-refractivity contribution in [3.63, 3.8) is 0 Å². The highest BCUT2D eigenvalue weighted by Gasteiger charge is 2.35. The summed E-state index contributed by atoms with van der Waals surface area (Å²) in [6.07, 6.45) is 9.06. The van der Waals surface area contributed by atoms with E-state index in [1.165, 1.54) is 31.7 Å². The van der Waals surface area contributed by atoms with E-state index in [0.29, 0.717) is 11.5 Å². The molecular weight excluding hydrogens is 497 g/mol. The molecule has 0 aromatic heterocycles. The van der Waals surface area contributed by atoms with Crippen LogP contribution in [0, 0.1) is 17.6 Å². The Hall–Kier alpha value is -1.01. The van der Waals surface area contributed by atoms with E-state index in [-0.39, 0.29) is 37.6 Å². The van der Waals surface area contributed by atoms with E-state index in [0.717, 1.165) is 25.7 Å². The Bertz CT molecular complexity index is 850. The van der Waals surface area contributed by atoms with Crippen molar-refractivity contribution >= 4 is 7.60 Å². The van der Waals surface area contributed by atoms with Crippen molar-refractivity contribution in [2.24, 2.45) is 5.92 Å². The van der Waals surface area contributed by atoms with Crippen LogP contribution in [0.4, 0.5) is 8.78 Å². The summed E-state index contributed by atoms with van der Waals surface area (Å²) in [4.78, 5) is 0. The third kappa shape index (κ3) is 11.7. The Morgan fingerprint density at radius 2 is 1.49 bits per heavy atom. The zero-order valence-corrected chi connectivity index (χ0v) is 24.9. The molecule has 2 rings (SSSR count). The summed E-state index contributed by atoms with van der Waals surface area (Å²) < 4.78 is 65.2. The molecule has 1 aromatic carbocycles. The number of unbranched alkanes of at least 4 members (excludes halogenated alkanes) is 2. The summed E-state index contributed by atoms with van der Waals surface area (Å²) in [7, 11) is -3.39. The van der Waals surface area contributed by atoms with E-state index >= 15 is 0 Å². The fourth-order valence-electron chi connectivity index (χ4n) is 4.85. The molecule has 0 spiro atoms. The van der Waals surface area contributed by atoms with Gasteiger partial charge in [-0.25, -0.2) is 4.39 Å². The predicted molar refractivity (Wildman–Crippen MR) is 146 cm³/mol. The second-order valence-corrected chi connectivity index (χ2v) is 14.2. The Morgan fingerprint density at radius 1 is 0.865 bits per heavy atom. The third-order valence-electron chi connectivity index (χ3n) is 6.40. The van der Waals surface area contributed by atoms with Crippen molar-refractivity contribution in [2.75, 3.05) is 26.0 Å². The van der Waals surface area contributed by atoms with Gasteiger partial charge < -0.3 is 18.5 Å². The van der Waals surface area contributed by atoms with Crippen LogP contribution in [0.1, 0.15) is 111 Å². The first-order valence-electron chi connectivity index (χ1n) is 13.9. The van der Waals surface area contributed by atoms with Gasteiger partial charge in [-0.15, -0.1) is 0 Å². The number of hydrogen-bond acceptors (Lipinski definition) is 5. The van der Waals surface area contributed by atoms with Crippen molar-refractivity contribution in [1.29, 1.82) is 0 Å². The highest BCUT2D eigenvalue weighted by molar-refractivity contribution is 7.53. The highest BCUT2D eigenvalue weighted by atomic mass is 31.2. The Morgan fingerprint density at radius 3 is 2.05 bits per heavy atom. The molecular formula is C29H49F2O5P. The summed E-state index contributed by atoms with van der Waals surface area (Å²) in [5.74, 6) is -1.07. The Labute approximate surface area is 223 Å². The smallest absolute Gasteiger partial charge is 0.334 e. The first-order valence-corrected chi connectivity index (χ1v) is 15.6. The molecule has 1 saturated carbocycles. The van der Waals surface area contributed by atoms with Crippen molar-refractivity contribution in [3.05, 3.63) is 29.3 Å². The number of halogens is 2. The number of rotatable bonds is 14. The summed E-state index contributed by atoms with van der Waals surface area (Å²) in [6.45, 7) is 13.4. The molecule has 1 aliphatic rings. The molecule has 1 aliphatic carbocycles. The van der Waals surface area contributed by atoms with E-state index in [1.54, 1.807) is 6.07 Å². The van der Waals surface area contributed by atoms with Gasteiger partial charge in [-0.1, -0.05) is 38.7 Å². The Balaban J connectivity index is 1.80. The first kappa shape index (κ1) is 32.2. The molecule has 0 N–H and O–H groups in total. The van der Waals surface area contributed by atoms with Crippen LogP contribution < -0.4 is 4.74 Å². The maximum Gasteiger partial charge on any atom is 0.334 e. The maximum absolute atomic E-state index is 14.9. The van der Waals surface area contributed by atoms with E-state index in [1.807, 2.05) is 41.5 Å². The molecule has 37 heavy (non-hydrogen) atoms. The average molecular weight is 547 g/mol. The topological polar surface area (TPSA) is 54.0 Å². The van der Waals surface area contributed by atoms with Gasteiger partial charge >= 0.3 is 7.60 Å². The van der Waals surface area contributed by atoms with Crippen LogP contribution in [-0.4, -0.2) is 37.2 Å². The molecule has 0 bridgehead atoms. The quantitative estimate of drug-likeness (QED) is 0.172. The second-order valence-electron chi connectivity index (χ2n) is 12.2. The van der Waals surface area contributed by atoms with Gasteiger partial charge in [0.2, 0.25) is 5.82 Å². The lowest BCUT2D eigenvalue weighted by Gasteiger charge is -2.32. The van der Waals surface area contributed by atoms with Gasteiger partial charge in [-0.05, 0) is 90.7 Å². The molecule has 1 aromatic rings. The monoisotopic (exact) mass is 546 g/mol. The number of benzene rings is 1. The number of ether oxygens (including phenoxy) is 2. The van der Waals surface area contributed by atoms with Gasteiger partial charge in [-0.2, -0.15) is 4.39 Å². The van der Waals surface area contributed by atoms with Crippen LogP contribution in [0.15, 0.2) is 12.1 Å². The van der Waals surface area contributed by atoms with Gasteiger partial charge in [0, 0.05) is 0 Å². The predicted octanol–water partition coefficient (Wildman–Crippen LogP) is 9.04. The van der Waals surface area contributed by atoms with Crippen LogP contribution in [0.2, 0.25) is 0 Å². The van der Waals surface area contributed by atoms with E-state index in [2.05, 4.69) is 6.92 Å². The fraction of sp³-hybridized carbons (Fsp3) is 0.793. The highest BCUT2D eigenvalue weighted by Crippen LogP contribution is 2.54. The van der Waals surface area contributed by atoms with Crippen molar-refractivity contribution < 1.29 is 31.9 Å². The SMILES string of the molecule is CCCCCC1CCC(c2ccc(OCCOCCP(=O)(OC(C)(C)C)OC(C)(C)C)c(F)c2F)CC1. The van der Waals surface area contributed by atoms with Gasteiger partial charge in [0.15, 0.2) is 11.6 Å². The molecule has 214 valence electrons. The molecule has 5 nitrogen and oxygen atoms in total. The van der Waals surface area contributed by atoms with Crippen molar-refractivity contribution in [1.82, 2.24) is 0 Å². The molecule has 0 aliphatic heterocycles. The molecule has 0 saturated heterocycles. The first-order chi connectivity index (χ1) is 17.2. The van der Waals surface area contributed by atoms with Crippen LogP contribution in [0.5, 0.6) is 5.75 Å². The Kier molecular flexibility index (Phi) is 12.5.